The lowest BCUT2D eigenvalue weighted by molar-refractivity contribution is -0.141. The van der Waals surface area contributed by atoms with E-state index in [9.17, 15) is 9.59 Å². The Morgan fingerprint density at radius 2 is 1.84 bits per heavy atom. The zero-order chi connectivity index (χ0) is 18.7. The van der Waals surface area contributed by atoms with Crippen molar-refractivity contribution in [3.63, 3.8) is 0 Å². The second kappa shape index (κ2) is 10.9. The zero-order valence-corrected chi connectivity index (χ0v) is 16.2. The van der Waals surface area contributed by atoms with Crippen LogP contribution < -0.4 is 10.6 Å². The lowest BCUT2D eigenvalue weighted by Crippen LogP contribution is -2.43. The molecular weight excluding hydrogens is 320 g/mol. The minimum atomic E-state index is -0.350. The maximum Gasteiger partial charge on any atom is 0.305 e. The lowest BCUT2D eigenvalue weighted by atomic mass is 9.85. The highest BCUT2D eigenvalue weighted by atomic mass is 16.5. The van der Waals surface area contributed by atoms with Gasteiger partial charge < -0.3 is 20.3 Å². The third-order valence-corrected chi connectivity index (χ3v) is 4.63. The molecule has 0 bridgehead atoms. The van der Waals surface area contributed by atoms with Crippen molar-refractivity contribution in [2.24, 2.45) is 10.4 Å². The van der Waals surface area contributed by atoms with E-state index in [1.165, 1.54) is 7.11 Å². The summed E-state index contributed by atoms with van der Waals surface area (Å²) >= 11 is 0. The molecule has 25 heavy (non-hydrogen) atoms. The number of aliphatic imine (C=N–C) groups is 1. The normalized spacial score (nSPS) is 16.4. The van der Waals surface area contributed by atoms with E-state index >= 15 is 0 Å². The first-order chi connectivity index (χ1) is 11.9. The van der Waals surface area contributed by atoms with Gasteiger partial charge in [-0.05, 0) is 32.6 Å². The molecule has 144 valence electrons. The molecule has 1 fully saturated rings. The van der Waals surface area contributed by atoms with Gasteiger partial charge in [-0.15, -0.1) is 0 Å². The summed E-state index contributed by atoms with van der Waals surface area (Å²) in [5.41, 5.74) is -0.350. The van der Waals surface area contributed by atoms with Crippen molar-refractivity contribution in [2.75, 3.05) is 40.8 Å². The van der Waals surface area contributed by atoms with Crippen molar-refractivity contribution in [2.45, 2.75) is 51.9 Å². The van der Waals surface area contributed by atoms with Gasteiger partial charge in [-0.2, -0.15) is 0 Å². The molecular formula is C18H34N4O3. The number of ether oxygens (including phenoxy) is 1. The molecule has 7 heteroatoms. The van der Waals surface area contributed by atoms with Crippen LogP contribution in [0, 0.1) is 5.41 Å². The number of hydrogen-bond acceptors (Lipinski definition) is 4. The van der Waals surface area contributed by atoms with Crippen molar-refractivity contribution >= 4 is 17.8 Å². The smallest absolute Gasteiger partial charge is 0.305 e. The third kappa shape index (κ3) is 6.92. The Kier molecular flexibility index (Phi) is 9.31. The Balaban J connectivity index is 2.55. The molecule has 0 atom stereocenters. The summed E-state index contributed by atoms with van der Waals surface area (Å²) in [5.74, 6) is 0.743. The largest absolute Gasteiger partial charge is 0.469 e. The average Bonchev–Trinajstić information content (AvgIpc) is 3.08. The predicted octanol–water partition coefficient (Wildman–Crippen LogP) is 1.53. The Morgan fingerprint density at radius 1 is 1.16 bits per heavy atom. The SMILES string of the molecule is CCNC(=NCC1(C(=O)N(C)C)CCCC1)NCCCCC(=O)OC. The van der Waals surface area contributed by atoms with Crippen LogP contribution in [0.1, 0.15) is 51.9 Å². The summed E-state index contributed by atoms with van der Waals surface area (Å²) < 4.78 is 4.63. The predicted molar refractivity (Wildman–Crippen MR) is 99.4 cm³/mol. The molecule has 1 saturated carbocycles. The number of guanidine groups is 1. The van der Waals surface area contributed by atoms with Gasteiger partial charge in [0.25, 0.3) is 0 Å². The lowest BCUT2D eigenvalue weighted by Gasteiger charge is -2.29. The molecule has 1 aliphatic rings. The van der Waals surface area contributed by atoms with Crippen molar-refractivity contribution in [1.82, 2.24) is 15.5 Å². The number of hydrogen-bond donors (Lipinski definition) is 2. The van der Waals surface area contributed by atoms with Crippen LogP contribution in [0.3, 0.4) is 0 Å². The van der Waals surface area contributed by atoms with Crippen molar-refractivity contribution < 1.29 is 14.3 Å². The second-order valence-electron chi connectivity index (χ2n) is 6.84. The first kappa shape index (κ1) is 21.3. The van der Waals surface area contributed by atoms with E-state index in [0.717, 1.165) is 57.6 Å². The van der Waals surface area contributed by atoms with E-state index in [4.69, 9.17) is 0 Å². The monoisotopic (exact) mass is 354 g/mol. The number of amides is 1. The molecule has 0 radical (unpaired) electrons. The van der Waals surface area contributed by atoms with Crippen LogP contribution in [0.5, 0.6) is 0 Å². The van der Waals surface area contributed by atoms with Crippen LogP contribution in [0.15, 0.2) is 4.99 Å². The van der Waals surface area contributed by atoms with Gasteiger partial charge in [-0.1, -0.05) is 12.8 Å². The highest BCUT2D eigenvalue weighted by Gasteiger charge is 2.41. The highest BCUT2D eigenvalue weighted by Crippen LogP contribution is 2.39. The fourth-order valence-electron chi connectivity index (χ4n) is 3.24. The molecule has 1 rings (SSSR count). The van der Waals surface area contributed by atoms with Crippen LogP contribution >= 0.6 is 0 Å². The number of nitrogens with zero attached hydrogens (tertiary/aromatic N) is 2. The van der Waals surface area contributed by atoms with Gasteiger partial charge in [0.1, 0.15) is 0 Å². The van der Waals surface area contributed by atoms with Crippen molar-refractivity contribution in [3.8, 4) is 0 Å². The van der Waals surface area contributed by atoms with Gasteiger partial charge >= 0.3 is 5.97 Å². The van der Waals surface area contributed by atoms with Crippen molar-refractivity contribution in [3.05, 3.63) is 0 Å². The summed E-state index contributed by atoms with van der Waals surface area (Å²) in [6, 6.07) is 0. The zero-order valence-electron chi connectivity index (χ0n) is 16.2. The average molecular weight is 354 g/mol. The number of carbonyl (C=O) groups is 2. The molecule has 7 nitrogen and oxygen atoms in total. The van der Waals surface area contributed by atoms with Gasteiger partial charge in [-0.3, -0.25) is 14.6 Å². The number of rotatable bonds is 9. The Labute approximate surface area is 151 Å². The summed E-state index contributed by atoms with van der Waals surface area (Å²) in [6.07, 6.45) is 6.08. The standard InChI is InChI=1S/C18H34N4O3/c1-5-19-17(20-13-9-6-10-15(23)25-4)21-14-18(11-7-8-12-18)16(24)22(2)3/h5-14H2,1-4H3,(H2,19,20,21). The quantitative estimate of drug-likeness (QED) is 0.284. The first-order valence-electron chi connectivity index (χ1n) is 9.26. The van der Waals surface area contributed by atoms with Crippen LogP contribution in [-0.2, 0) is 14.3 Å². The van der Waals surface area contributed by atoms with Gasteiger partial charge in [-0.25, -0.2) is 0 Å². The van der Waals surface area contributed by atoms with Crippen LogP contribution in [0.2, 0.25) is 0 Å². The molecule has 0 aliphatic heterocycles. The van der Waals surface area contributed by atoms with E-state index in [1.54, 1.807) is 4.90 Å². The number of unbranched alkanes of at least 4 members (excludes halogenated alkanes) is 1. The van der Waals surface area contributed by atoms with E-state index < -0.39 is 0 Å². The summed E-state index contributed by atoms with van der Waals surface area (Å²) in [4.78, 5) is 30.1. The van der Waals surface area contributed by atoms with Gasteiger partial charge in [0.2, 0.25) is 5.91 Å². The minimum absolute atomic E-state index is 0.175. The minimum Gasteiger partial charge on any atom is -0.469 e. The highest BCUT2D eigenvalue weighted by molar-refractivity contribution is 5.84. The van der Waals surface area contributed by atoms with Gasteiger partial charge in [0, 0.05) is 33.6 Å². The molecule has 0 spiro atoms. The fourth-order valence-corrected chi connectivity index (χ4v) is 3.24. The van der Waals surface area contributed by atoms with Crippen LogP contribution in [0.25, 0.3) is 0 Å². The molecule has 0 unspecified atom stereocenters. The summed E-state index contributed by atoms with van der Waals surface area (Å²) in [7, 11) is 5.04. The molecule has 1 aliphatic carbocycles. The van der Waals surface area contributed by atoms with Crippen LogP contribution in [-0.4, -0.2) is 63.6 Å². The van der Waals surface area contributed by atoms with E-state index in [1.807, 2.05) is 21.0 Å². The number of methoxy groups -OCH3 is 1. The van der Waals surface area contributed by atoms with Gasteiger partial charge in [0.05, 0.1) is 19.1 Å². The maximum absolute atomic E-state index is 12.6. The number of nitrogens with one attached hydrogen (secondary N) is 2. The molecule has 2 N–H and O–H groups in total. The Hall–Kier alpha value is -1.79. The molecule has 0 aromatic rings. The van der Waals surface area contributed by atoms with Gasteiger partial charge in [0.15, 0.2) is 5.96 Å². The Bertz CT molecular complexity index is 457. The third-order valence-electron chi connectivity index (χ3n) is 4.63. The number of esters is 1. The molecule has 0 aromatic carbocycles. The second-order valence-corrected chi connectivity index (χ2v) is 6.84. The molecule has 0 aromatic heterocycles. The van der Waals surface area contributed by atoms with E-state index in [2.05, 4.69) is 20.4 Å². The molecule has 0 saturated heterocycles. The maximum atomic E-state index is 12.6. The summed E-state index contributed by atoms with van der Waals surface area (Å²) in [6.45, 7) is 4.03. The summed E-state index contributed by atoms with van der Waals surface area (Å²) in [5, 5.41) is 6.51. The number of carbonyl (C=O) groups excluding carboxylic acids is 2. The first-order valence-corrected chi connectivity index (χ1v) is 9.26. The van der Waals surface area contributed by atoms with Crippen molar-refractivity contribution in [1.29, 1.82) is 0 Å². The fraction of sp³-hybridized carbons (Fsp3) is 0.833. The topological polar surface area (TPSA) is 83.0 Å². The molecule has 0 heterocycles. The van der Waals surface area contributed by atoms with E-state index in [-0.39, 0.29) is 17.3 Å². The molecule has 1 amide bonds. The van der Waals surface area contributed by atoms with E-state index in [0.29, 0.717) is 13.0 Å². The Morgan fingerprint density at radius 3 is 2.40 bits per heavy atom. The van der Waals surface area contributed by atoms with Crippen LogP contribution in [0.4, 0.5) is 0 Å².